The number of hydrogen-bond donors (Lipinski definition) is 0. The zero-order valence-corrected chi connectivity index (χ0v) is 23.8. The first kappa shape index (κ1) is 28.9. The number of nitrogens with zero attached hydrogens (tertiary/aromatic N) is 4. The van der Waals surface area contributed by atoms with Crippen molar-refractivity contribution < 1.29 is 14.3 Å². The van der Waals surface area contributed by atoms with Crippen molar-refractivity contribution in [1.82, 2.24) is 9.47 Å². The Morgan fingerprint density at radius 1 is 1.22 bits per heavy atom. The molecule has 0 bridgehead atoms. The Kier molecular flexibility index (Phi) is 10.4. The van der Waals surface area contributed by atoms with Gasteiger partial charge in [-0.25, -0.2) is 0 Å². The van der Waals surface area contributed by atoms with Gasteiger partial charge >= 0.3 is 5.97 Å². The number of unbranched alkanes of at least 4 members (excludes halogenated alkanes) is 2. The van der Waals surface area contributed by atoms with Gasteiger partial charge in [-0.05, 0) is 51.2 Å². The lowest BCUT2D eigenvalue weighted by Crippen LogP contribution is -2.43. The number of esters is 1. The van der Waals surface area contributed by atoms with Crippen LogP contribution in [0.5, 0.6) is 0 Å². The van der Waals surface area contributed by atoms with Gasteiger partial charge in [-0.15, -0.1) is 0 Å². The van der Waals surface area contributed by atoms with Gasteiger partial charge in [-0.3, -0.25) is 23.9 Å². The second kappa shape index (κ2) is 13.2. The van der Waals surface area contributed by atoms with Crippen LogP contribution in [0.15, 0.2) is 9.70 Å². The third-order valence-corrected chi connectivity index (χ3v) is 8.15. The van der Waals surface area contributed by atoms with Crippen molar-refractivity contribution in [1.29, 1.82) is 5.26 Å². The smallest absolute Gasteiger partial charge is 0.310 e. The summed E-state index contributed by atoms with van der Waals surface area (Å²) in [7, 11) is 0. The summed E-state index contributed by atoms with van der Waals surface area (Å²) in [6.45, 7) is 10.0. The fourth-order valence-electron chi connectivity index (χ4n) is 4.88. The van der Waals surface area contributed by atoms with Gasteiger partial charge in [0.05, 0.1) is 17.4 Å². The van der Waals surface area contributed by atoms with Gasteiger partial charge in [-0.2, -0.15) is 5.26 Å². The second-order valence-electron chi connectivity index (χ2n) is 9.38. The van der Waals surface area contributed by atoms with Crippen molar-refractivity contribution in [3.05, 3.63) is 31.9 Å². The molecule has 1 aromatic rings. The van der Waals surface area contributed by atoms with E-state index in [0.29, 0.717) is 71.8 Å². The number of carbonyl (C=O) groups is 2. The van der Waals surface area contributed by atoms with Crippen LogP contribution in [-0.4, -0.2) is 51.9 Å². The van der Waals surface area contributed by atoms with E-state index in [1.54, 1.807) is 29.4 Å². The van der Waals surface area contributed by atoms with E-state index in [2.05, 4.69) is 13.0 Å². The number of aromatic nitrogens is 1. The minimum absolute atomic E-state index is 0.0702. The molecule has 1 amide bonds. The summed E-state index contributed by atoms with van der Waals surface area (Å²) in [6.07, 6.45) is 6.90. The van der Waals surface area contributed by atoms with Crippen molar-refractivity contribution in [3.8, 4) is 6.07 Å². The van der Waals surface area contributed by atoms with Crippen molar-refractivity contribution >= 4 is 52.1 Å². The molecule has 0 aromatic carbocycles. The Labute approximate surface area is 228 Å². The monoisotopic (exact) mass is 544 g/mol. The van der Waals surface area contributed by atoms with Crippen LogP contribution in [0.25, 0.3) is 6.08 Å². The first-order valence-electron chi connectivity index (χ1n) is 13.1. The standard InChI is InChI=1S/C27H36N4O4S2/c1-5-8-9-14-31-25(33)22(37-27(31)36)15-20-18(4)21(16-28)24(32)30(12-6-2)23(20)29-13-10-11-19(17-29)26(34)35-7-3/h15,19H,5-14,17H2,1-4H3/b22-15+. The molecule has 10 heteroatoms. The van der Waals surface area contributed by atoms with Crippen molar-refractivity contribution in [2.75, 3.05) is 31.1 Å². The van der Waals surface area contributed by atoms with Crippen LogP contribution < -0.4 is 10.5 Å². The van der Waals surface area contributed by atoms with E-state index in [4.69, 9.17) is 17.0 Å². The molecule has 0 radical (unpaired) electrons. The van der Waals surface area contributed by atoms with Crippen molar-refractivity contribution in [2.45, 2.75) is 72.8 Å². The van der Waals surface area contributed by atoms with Gasteiger partial charge < -0.3 is 9.64 Å². The molecule has 0 N–H and O–H groups in total. The SMILES string of the molecule is CCCCCN1C(=O)/C(=C\c2c(C)c(C#N)c(=O)n(CCC)c2N2CCCC(C(=O)OCC)C2)SC1=S. The van der Waals surface area contributed by atoms with Gasteiger partial charge in [0, 0.05) is 31.7 Å². The summed E-state index contributed by atoms with van der Waals surface area (Å²) in [5.41, 5.74) is 0.910. The lowest BCUT2D eigenvalue weighted by atomic mass is 9.96. The molecule has 0 aliphatic carbocycles. The van der Waals surface area contributed by atoms with Crippen molar-refractivity contribution in [2.24, 2.45) is 5.92 Å². The molecule has 0 spiro atoms. The summed E-state index contributed by atoms with van der Waals surface area (Å²) in [5, 5.41) is 9.85. The highest BCUT2D eigenvalue weighted by Gasteiger charge is 2.34. The van der Waals surface area contributed by atoms with E-state index in [0.717, 1.165) is 25.7 Å². The summed E-state index contributed by atoms with van der Waals surface area (Å²) in [4.78, 5) is 43.4. The maximum atomic E-state index is 13.4. The van der Waals surface area contributed by atoms with Crippen LogP contribution in [0.4, 0.5) is 5.82 Å². The molecule has 37 heavy (non-hydrogen) atoms. The Morgan fingerprint density at radius 3 is 2.62 bits per heavy atom. The number of anilines is 1. The molecule has 2 aliphatic heterocycles. The number of thioether (sulfide) groups is 1. The average Bonchev–Trinajstić information content (AvgIpc) is 3.15. The van der Waals surface area contributed by atoms with E-state index in [-0.39, 0.29) is 28.9 Å². The number of carbonyl (C=O) groups excluding carboxylic acids is 2. The Bertz CT molecular complexity index is 1180. The van der Waals surface area contributed by atoms with Crippen LogP contribution in [0.1, 0.15) is 76.0 Å². The van der Waals surface area contributed by atoms with Gasteiger partial charge in [-0.1, -0.05) is 50.7 Å². The largest absolute Gasteiger partial charge is 0.466 e. The predicted octanol–water partition coefficient (Wildman–Crippen LogP) is 4.61. The molecule has 1 aromatic heterocycles. The molecule has 3 heterocycles. The van der Waals surface area contributed by atoms with Crippen LogP contribution in [0, 0.1) is 24.2 Å². The van der Waals surface area contributed by atoms with E-state index >= 15 is 0 Å². The molecule has 2 fully saturated rings. The summed E-state index contributed by atoms with van der Waals surface area (Å²) >= 11 is 6.77. The molecular weight excluding hydrogens is 508 g/mol. The molecule has 2 saturated heterocycles. The van der Waals surface area contributed by atoms with E-state index in [1.165, 1.54) is 11.8 Å². The first-order chi connectivity index (χ1) is 17.8. The Balaban J connectivity index is 2.14. The zero-order valence-electron chi connectivity index (χ0n) is 22.2. The van der Waals surface area contributed by atoms with Crippen LogP contribution in [0.3, 0.4) is 0 Å². The topological polar surface area (TPSA) is 95.6 Å². The van der Waals surface area contributed by atoms with Crippen LogP contribution >= 0.6 is 24.0 Å². The third-order valence-electron chi connectivity index (χ3n) is 6.77. The zero-order chi connectivity index (χ0) is 27.1. The summed E-state index contributed by atoms with van der Waals surface area (Å²) in [6, 6.07) is 2.08. The highest BCUT2D eigenvalue weighted by atomic mass is 32.2. The predicted molar refractivity (Wildman–Crippen MR) is 151 cm³/mol. The van der Waals surface area contributed by atoms with E-state index in [9.17, 15) is 19.6 Å². The average molecular weight is 545 g/mol. The maximum absolute atomic E-state index is 13.4. The molecule has 1 atom stereocenters. The molecule has 0 saturated carbocycles. The number of pyridine rings is 1. The highest BCUT2D eigenvalue weighted by Crippen LogP contribution is 2.37. The van der Waals surface area contributed by atoms with E-state index in [1.807, 2.05) is 11.8 Å². The van der Waals surface area contributed by atoms with Gasteiger partial charge in [0.1, 0.15) is 21.8 Å². The fourth-order valence-corrected chi connectivity index (χ4v) is 6.17. The number of piperidine rings is 1. The molecular formula is C27H36N4O4S2. The van der Waals surface area contributed by atoms with Gasteiger partial charge in [0.15, 0.2) is 0 Å². The highest BCUT2D eigenvalue weighted by molar-refractivity contribution is 8.26. The van der Waals surface area contributed by atoms with Crippen LogP contribution in [0.2, 0.25) is 0 Å². The summed E-state index contributed by atoms with van der Waals surface area (Å²) < 4.78 is 7.44. The number of ether oxygens (including phenoxy) is 1. The molecule has 3 rings (SSSR count). The number of rotatable bonds is 10. The maximum Gasteiger partial charge on any atom is 0.310 e. The number of thiocarbonyl (C=S) groups is 1. The Morgan fingerprint density at radius 2 is 1.97 bits per heavy atom. The quantitative estimate of drug-likeness (QED) is 0.182. The van der Waals surface area contributed by atoms with Gasteiger partial charge in [0.25, 0.3) is 11.5 Å². The molecule has 200 valence electrons. The normalized spacial score (nSPS) is 19.0. The summed E-state index contributed by atoms with van der Waals surface area (Å²) in [5.74, 6) is -0.0456. The first-order valence-corrected chi connectivity index (χ1v) is 14.4. The van der Waals surface area contributed by atoms with Gasteiger partial charge in [0.2, 0.25) is 0 Å². The minimum atomic E-state index is -0.348. The lowest BCUT2D eigenvalue weighted by Gasteiger charge is -2.36. The van der Waals surface area contributed by atoms with Crippen molar-refractivity contribution in [3.63, 3.8) is 0 Å². The number of hydrogen-bond acceptors (Lipinski definition) is 8. The Hall–Kier alpha value is -2.64. The number of nitriles is 1. The van der Waals surface area contributed by atoms with E-state index < -0.39 is 0 Å². The molecule has 1 unspecified atom stereocenters. The minimum Gasteiger partial charge on any atom is -0.466 e. The number of amides is 1. The van der Waals surface area contributed by atoms with Crippen LogP contribution in [-0.2, 0) is 20.9 Å². The molecule has 2 aliphatic rings. The lowest BCUT2D eigenvalue weighted by molar-refractivity contribution is -0.148. The fraction of sp³-hybridized carbons (Fsp3) is 0.593. The third kappa shape index (κ3) is 6.27. The molecule has 8 nitrogen and oxygen atoms in total. The second-order valence-corrected chi connectivity index (χ2v) is 11.1.